The Balaban J connectivity index is 3.65. The van der Waals surface area contributed by atoms with Crippen LogP contribution in [-0.4, -0.2) is 32.3 Å². The minimum atomic E-state index is -0.228. The summed E-state index contributed by atoms with van der Waals surface area (Å²) >= 11 is 0. The molecule has 90 valence electrons. The molecule has 2 N–H and O–H groups in total. The molecule has 0 spiro atoms. The van der Waals surface area contributed by atoms with Crippen molar-refractivity contribution in [2.24, 2.45) is 11.1 Å². The normalized spacial score (nSPS) is 13.7. The number of carbonyl (C=O) groups is 1. The van der Waals surface area contributed by atoms with E-state index in [0.717, 1.165) is 6.42 Å². The molecule has 0 aliphatic rings. The third-order valence-electron chi connectivity index (χ3n) is 2.25. The Morgan fingerprint density at radius 2 is 1.93 bits per heavy atom. The summed E-state index contributed by atoms with van der Waals surface area (Å²) in [5.41, 5.74) is 5.79. The van der Waals surface area contributed by atoms with Gasteiger partial charge in [0.05, 0.1) is 13.0 Å². The van der Waals surface area contributed by atoms with Crippen LogP contribution < -0.4 is 5.73 Å². The Bertz CT molecular complexity index is 187. The quantitative estimate of drug-likeness (QED) is 0.538. The first-order chi connectivity index (χ1) is 6.88. The molecule has 0 heterocycles. The van der Waals surface area contributed by atoms with Crippen LogP contribution in [0, 0.1) is 5.41 Å². The summed E-state index contributed by atoms with van der Waals surface area (Å²) in [4.78, 5) is 11.3. The number of esters is 1. The van der Waals surface area contributed by atoms with E-state index in [-0.39, 0.29) is 23.8 Å². The molecule has 1 unspecified atom stereocenters. The molecule has 0 aromatic carbocycles. The van der Waals surface area contributed by atoms with Crippen LogP contribution in [0.1, 0.15) is 33.6 Å². The Morgan fingerprint density at radius 1 is 1.33 bits per heavy atom. The predicted octanol–water partition coefficient (Wildman–Crippen LogP) is 1.33. The average molecular weight is 217 g/mol. The maximum absolute atomic E-state index is 11.3. The molecule has 0 bridgehead atoms. The van der Waals surface area contributed by atoms with Crippen molar-refractivity contribution in [3.8, 4) is 0 Å². The van der Waals surface area contributed by atoms with Crippen molar-refractivity contribution < 1.29 is 14.3 Å². The third kappa shape index (κ3) is 7.33. The standard InChI is InChI=1S/C11H23NO3/c1-11(2,3)9(12)8-10(13)15-7-5-6-14-4/h9H,5-8,12H2,1-4H3. The summed E-state index contributed by atoms with van der Waals surface area (Å²) in [5.74, 6) is -0.228. The van der Waals surface area contributed by atoms with Crippen LogP contribution in [0.2, 0.25) is 0 Å². The average Bonchev–Trinajstić information content (AvgIpc) is 2.11. The van der Waals surface area contributed by atoms with Gasteiger partial charge in [0.15, 0.2) is 0 Å². The first-order valence-electron chi connectivity index (χ1n) is 5.28. The minimum absolute atomic E-state index is 0.0639. The molecule has 0 rings (SSSR count). The van der Waals surface area contributed by atoms with Crippen molar-refractivity contribution in [1.29, 1.82) is 0 Å². The lowest BCUT2D eigenvalue weighted by Crippen LogP contribution is -2.37. The van der Waals surface area contributed by atoms with E-state index in [2.05, 4.69) is 0 Å². The van der Waals surface area contributed by atoms with Crippen molar-refractivity contribution >= 4 is 5.97 Å². The van der Waals surface area contributed by atoms with Crippen LogP contribution in [0.15, 0.2) is 0 Å². The van der Waals surface area contributed by atoms with Crippen LogP contribution in [0.5, 0.6) is 0 Å². The van der Waals surface area contributed by atoms with Crippen molar-refractivity contribution in [3.63, 3.8) is 0 Å². The number of methoxy groups -OCH3 is 1. The zero-order chi connectivity index (χ0) is 11.9. The van der Waals surface area contributed by atoms with Crippen molar-refractivity contribution in [2.75, 3.05) is 20.3 Å². The number of carbonyl (C=O) groups excluding carboxylic acids is 1. The van der Waals surface area contributed by atoms with Gasteiger partial charge in [-0.2, -0.15) is 0 Å². The largest absolute Gasteiger partial charge is 0.466 e. The van der Waals surface area contributed by atoms with E-state index in [1.165, 1.54) is 0 Å². The lowest BCUT2D eigenvalue weighted by atomic mass is 9.85. The van der Waals surface area contributed by atoms with Gasteiger partial charge in [-0.15, -0.1) is 0 Å². The van der Waals surface area contributed by atoms with Crippen LogP contribution in [-0.2, 0) is 14.3 Å². The number of hydrogen-bond acceptors (Lipinski definition) is 4. The Hall–Kier alpha value is -0.610. The zero-order valence-corrected chi connectivity index (χ0v) is 10.2. The molecule has 0 saturated heterocycles. The Kier molecular flexibility index (Phi) is 6.52. The first kappa shape index (κ1) is 14.4. The number of ether oxygens (including phenoxy) is 2. The maximum Gasteiger partial charge on any atom is 0.307 e. The molecule has 15 heavy (non-hydrogen) atoms. The van der Waals surface area contributed by atoms with Crippen LogP contribution >= 0.6 is 0 Å². The first-order valence-corrected chi connectivity index (χ1v) is 5.28. The summed E-state index contributed by atoms with van der Waals surface area (Å²) in [6.45, 7) is 7.05. The molecule has 0 amide bonds. The van der Waals surface area contributed by atoms with Crippen molar-refractivity contribution in [2.45, 2.75) is 39.7 Å². The van der Waals surface area contributed by atoms with Gasteiger partial charge in [-0.05, 0) is 5.41 Å². The van der Waals surface area contributed by atoms with E-state index >= 15 is 0 Å². The molecule has 0 fully saturated rings. The highest BCUT2D eigenvalue weighted by Gasteiger charge is 2.23. The summed E-state index contributed by atoms with van der Waals surface area (Å²) < 4.78 is 9.85. The predicted molar refractivity (Wildman–Crippen MR) is 59.5 cm³/mol. The lowest BCUT2D eigenvalue weighted by Gasteiger charge is -2.26. The Labute approximate surface area is 92.1 Å². The van der Waals surface area contributed by atoms with Gasteiger partial charge in [0.2, 0.25) is 0 Å². The smallest absolute Gasteiger partial charge is 0.307 e. The summed E-state index contributed by atoms with van der Waals surface area (Å²) in [6.07, 6.45) is 1.00. The van der Waals surface area contributed by atoms with Crippen molar-refractivity contribution in [1.82, 2.24) is 0 Å². The summed E-state index contributed by atoms with van der Waals surface area (Å²) in [6, 6.07) is -0.160. The van der Waals surface area contributed by atoms with Gasteiger partial charge in [-0.25, -0.2) is 0 Å². The van der Waals surface area contributed by atoms with E-state index < -0.39 is 0 Å². The molecule has 0 aromatic rings. The fourth-order valence-corrected chi connectivity index (χ4v) is 0.934. The van der Waals surface area contributed by atoms with Crippen LogP contribution in [0.3, 0.4) is 0 Å². The monoisotopic (exact) mass is 217 g/mol. The minimum Gasteiger partial charge on any atom is -0.466 e. The summed E-state index contributed by atoms with van der Waals surface area (Å²) in [5, 5.41) is 0. The van der Waals surface area contributed by atoms with Crippen LogP contribution in [0.25, 0.3) is 0 Å². The molecular formula is C11H23NO3. The highest BCUT2D eigenvalue weighted by molar-refractivity contribution is 5.70. The number of hydrogen-bond donors (Lipinski definition) is 1. The maximum atomic E-state index is 11.3. The van der Waals surface area contributed by atoms with Gasteiger partial charge in [0, 0.05) is 26.2 Å². The molecule has 0 aliphatic heterocycles. The third-order valence-corrected chi connectivity index (χ3v) is 2.25. The van der Waals surface area contributed by atoms with Gasteiger partial charge >= 0.3 is 5.97 Å². The second-order valence-corrected chi connectivity index (χ2v) is 4.74. The number of nitrogens with two attached hydrogens (primary N) is 1. The van der Waals surface area contributed by atoms with E-state index in [1.54, 1.807) is 7.11 Å². The van der Waals surface area contributed by atoms with E-state index in [9.17, 15) is 4.79 Å². The Morgan fingerprint density at radius 3 is 2.40 bits per heavy atom. The summed E-state index contributed by atoms with van der Waals surface area (Å²) in [7, 11) is 1.62. The fourth-order valence-electron chi connectivity index (χ4n) is 0.934. The van der Waals surface area contributed by atoms with Gasteiger partial charge in [0.25, 0.3) is 0 Å². The SMILES string of the molecule is COCCCOC(=O)CC(N)C(C)(C)C. The molecular weight excluding hydrogens is 194 g/mol. The second kappa shape index (κ2) is 6.80. The van der Waals surface area contributed by atoms with E-state index in [0.29, 0.717) is 13.2 Å². The molecule has 0 saturated carbocycles. The molecule has 1 atom stereocenters. The molecule has 4 heteroatoms. The van der Waals surface area contributed by atoms with Gasteiger partial charge < -0.3 is 15.2 Å². The van der Waals surface area contributed by atoms with Crippen molar-refractivity contribution in [3.05, 3.63) is 0 Å². The van der Waals surface area contributed by atoms with Gasteiger partial charge in [-0.3, -0.25) is 4.79 Å². The zero-order valence-electron chi connectivity index (χ0n) is 10.2. The van der Waals surface area contributed by atoms with E-state index in [4.69, 9.17) is 15.2 Å². The van der Waals surface area contributed by atoms with Gasteiger partial charge in [-0.1, -0.05) is 20.8 Å². The van der Waals surface area contributed by atoms with E-state index in [1.807, 2.05) is 20.8 Å². The van der Waals surface area contributed by atoms with Gasteiger partial charge in [0.1, 0.15) is 0 Å². The number of rotatable bonds is 6. The second-order valence-electron chi connectivity index (χ2n) is 4.74. The molecule has 4 nitrogen and oxygen atoms in total. The highest BCUT2D eigenvalue weighted by Crippen LogP contribution is 2.19. The topological polar surface area (TPSA) is 61.5 Å². The molecule has 0 aliphatic carbocycles. The van der Waals surface area contributed by atoms with Crippen LogP contribution in [0.4, 0.5) is 0 Å². The fraction of sp³-hybridized carbons (Fsp3) is 0.909. The molecule has 0 aromatic heterocycles. The molecule has 0 radical (unpaired) electrons. The lowest BCUT2D eigenvalue weighted by molar-refractivity contribution is -0.145. The highest BCUT2D eigenvalue weighted by atomic mass is 16.5.